The lowest BCUT2D eigenvalue weighted by molar-refractivity contribution is 0.365. The molecule has 0 aliphatic rings. The molecule has 0 bridgehead atoms. The van der Waals surface area contributed by atoms with E-state index in [0.29, 0.717) is 17.9 Å². The van der Waals surface area contributed by atoms with Gasteiger partial charge < -0.3 is 25.4 Å². The normalized spacial score (nSPS) is 10.3. The number of benzene rings is 2. The number of phenols is 3. The summed E-state index contributed by atoms with van der Waals surface area (Å²) in [6, 6.07) is 8.36. The van der Waals surface area contributed by atoms with E-state index in [1.807, 2.05) is 12.1 Å². The zero-order valence-corrected chi connectivity index (χ0v) is 12.3. The molecule has 2 aromatic rings. The lowest BCUT2D eigenvalue weighted by Crippen LogP contribution is -2.00. The van der Waals surface area contributed by atoms with E-state index in [2.05, 4.69) is 21.2 Å². The second-order valence-electron chi connectivity index (χ2n) is 4.14. The van der Waals surface area contributed by atoms with Crippen molar-refractivity contribution in [3.05, 3.63) is 40.4 Å². The third kappa shape index (κ3) is 2.91. The molecule has 0 spiro atoms. The molecule has 0 saturated carbocycles. The van der Waals surface area contributed by atoms with Crippen molar-refractivity contribution in [2.24, 2.45) is 0 Å². The molecule has 4 N–H and O–H groups in total. The van der Waals surface area contributed by atoms with Crippen molar-refractivity contribution in [3.63, 3.8) is 0 Å². The molecule has 2 rings (SSSR count). The fraction of sp³-hybridized carbons (Fsp3) is 0.143. The standard InChI is InChI=1S/C14H14BrNO4/c1-20-12-6-9(3-4-10(12)15)16-7-8-2-5-11(17)14(19)13(8)18/h2-6,16-19H,7H2,1H3. The minimum Gasteiger partial charge on any atom is -0.504 e. The van der Waals surface area contributed by atoms with E-state index in [4.69, 9.17) is 4.74 Å². The van der Waals surface area contributed by atoms with Gasteiger partial charge in [-0.05, 0) is 40.2 Å². The predicted molar refractivity (Wildman–Crippen MR) is 79.5 cm³/mol. The van der Waals surface area contributed by atoms with Crippen LogP contribution < -0.4 is 10.1 Å². The second kappa shape index (κ2) is 5.92. The highest BCUT2D eigenvalue weighted by Gasteiger charge is 2.11. The van der Waals surface area contributed by atoms with Crippen molar-refractivity contribution >= 4 is 21.6 Å². The van der Waals surface area contributed by atoms with Crippen LogP contribution in [-0.2, 0) is 6.54 Å². The molecule has 0 atom stereocenters. The van der Waals surface area contributed by atoms with Gasteiger partial charge in [0, 0.05) is 23.9 Å². The molecule has 0 radical (unpaired) electrons. The molecule has 0 aromatic heterocycles. The molecule has 0 aliphatic carbocycles. The maximum absolute atomic E-state index is 9.72. The molecular formula is C14H14BrNO4. The summed E-state index contributed by atoms with van der Waals surface area (Å²) in [4.78, 5) is 0. The van der Waals surface area contributed by atoms with E-state index in [-0.39, 0.29) is 11.5 Å². The van der Waals surface area contributed by atoms with E-state index in [0.717, 1.165) is 10.2 Å². The van der Waals surface area contributed by atoms with E-state index in [9.17, 15) is 15.3 Å². The number of ether oxygens (including phenoxy) is 1. The highest BCUT2D eigenvalue weighted by Crippen LogP contribution is 2.37. The number of hydrogen-bond acceptors (Lipinski definition) is 5. The summed E-state index contributed by atoms with van der Waals surface area (Å²) < 4.78 is 6.03. The fourth-order valence-corrected chi connectivity index (χ4v) is 2.13. The number of aromatic hydroxyl groups is 3. The molecule has 0 saturated heterocycles. The quantitative estimate of drug-likeness (QED) is 0.643. The minimum atomic E-state index is -0.516. The summed E-state index contributed by atoms with van der Waals surface area (Å²) in [5.74, 6) is -0.511. The Labute approximate surface area is 124 Å². The summed E-state index contributed by atoms with van der Waals surface area (Å²) >= 11 is 3.36. The van der Waals surface area contributed by atoms with Crippen LogP contribution in [0, 0.1) is 0 Å². The van der Waals surface area contributed by atoms with Gasteiger partial charge in [-0.3, -0.25) is 0 Å². The number of rotatable bonds is 4. The molecule has 0 aliphatic heterocycles. The monoisotopic (exact) mass is 339 g/mol. The van der Waals surface area contributed by atoms with Crippen LogP contribution in [0.1, 0.15) is 5.56 Å². The van der Waals surface area contributed by atoms with Crippen molar-refractivity contribution in [3.8, 4) is 23.0 Å². The van der Waals surface area contributed by atoms with Crippen LogP contribution in [0.25, 0.3) is 0 Å². The number of hydrogen-bond donors (Lipinski definition) is 4. The largest absolute Gasteiger partial charge is 0.504 e. The Bertz CT molecular complexity index is 631. The second-order valence-corrected chi connectivity index (χ2v) is 5.00. The van der Waals surface area contributed by atoms with Crippen molar-refractivity contribution < 1.29 is 20.1 Å². The first-order valence-corrected chi connectivity index (χ1v) is 6.62. The molecule has 5 nitrogen and oxygen atoms in total. The summed E-state index contributed by atoms with van der Waals surface area (Å²) in [7, 11) is 1.58. The number of anilines is 1. The number of methoxy groups -OCH3 is 1. The van der Waals surface area contributed by atoms with Crippen LogP contribution in [0.15, 0.2) is 34.8 Å². The molecule has 0 unspecified atom stereocenters. The van der Waals surface area contributed by atoms with Crippen LogP contribution in [-0.4, -0.2) is 22.4 Å². The van der Waals surface area contributed by atoms with Crippen molar-refractivity contribution in [2.45, 2.75) is 6.54 Å². The first kappa shape index (κ1) is 14.3. The Morgan fingerprint density at radius 2 is 1.85 bits per heavy atom. The third-order valence-corrected chi connectivity index (χ3v) is 3.50. The van der Waals surface area contributed by atoms with Gasteiger partial charge in [-0.25, -0.2) is 0 Å². The van der Waals surface area contributed by atoms with Crippen LogP contribution in [0.3, 0.4) is 0 Å². The summed E-state index contributed by atoms with van der Waals surface area (Å²) in [6.45, 7) is 0.296. The molecule has 0 fully saturated rings. The van der Waals surface area contributed by atoms with Gasteiger partial charge in [0.1, 0.15) is 5.75 Å². The van der Waals surface area contributed by atoms with Crippen molar-refractivity contribution in [1.82, 2.24) is 0 Å². The van der Waals surface area contributed by atoms with Crippen molar-refractivity contribution in [1.29, 1.82) is 0 Å². The molecule has 20 heavy (non-hydrogen) atoms. The predicted octanol–water partition coefficient (Wildman–Crippen LogP) is 3.19. The SMILES string of the molecule is COc1cc(NCc2ccc(O)c(O)c2O)ccc1Br. The third-order valence-electron chi connectivity index (χ3n) is 2.85. The lowest BCUT2D eigenvalue weighted by atomic mass is 10.1. The summed E-state index contributed by atoms with van der Waals surface area (Å²) in [5, 5.41) is 31.5. The van der Waals surface area contributed by atoms with Gasteiger partial charge in [-0.15, -0.1) is 0 Å². The smallest absolute Gasteiger partial charge is 0.200 e. The molecular weight excluding hydrogens is 326 g/mol. The van der Waals surface area contributed by atoms with E-state index in [1.54, 1.807) is 13.2 Å². The topological polar surface area (TPSA) is 82.0 Å². The average molecular weight is 340 g/mol. The first-order chi connectivity index (χ1) is 9.52. The zero-order chi connectivity index (χ0) is 14.7. The van der Waals surface area contributed by atoms with Gasteiger partial charge in [0.15, 0.2) is 11.5 Å². The van der Waals surface area contributed by atoms with Gasteiger partial charge in [0.05, 0.1) is 11.6 Å². The maximum atomic E-state index is 9.72. The average Bonchev–Trinajstić information content (AvgIpc) is 2.45. The highest BCUT2D eigenvalue weighted by molar-refractivity contribution is 9.10. The van der Waals surface area contributed by atoms with Gasteiger partial charge in [0.25, 0.3) is 0 Å². The fourth-order valence-electron chi connectivity index (χ4n) is 1.72. The Kier molecular flexibility index (Phi) is 4.24. The maximum Gasteiger partial charge on any atom is 0.200 e. The summed E-state index contributed by atoms with van der Waals surface area (Å²) in [5.41, 5.74) is 1.28. The van der Waals surface area contributed by atoms with Gasteiger partial charge in [-0.2, -0.15) is 0 Å². The summed E-state index contributed by atoms with van der Waals surface area (Å²) in [6.07, 6.45) is 0. The van der Waals surface area contributed by atoms with Crippen LogP contribution in [0.4, 0.5) is 5.69 Å². The van der Waals surface area contributed by atoms with E-state index in [1.165, 1.54) is 12.1 Å². The molecule has 106 valence electrons. The highest BCUT2D eigenvalue weighted by atomic mass is 79.9. The molecule has 6 heteroatoms. The number of phenolic OH excluding ortho intramolecular Hbond substituents is 3. The van der Waals surface area contributed by atoms with Crippen LogP contribution in [0.2, 0.25) is 0 Å². The van der Waals surface area contributed by atoms with Gasteiger partial charge >= 0.3 is 0 Å². The Balaban J connectivity index is 2.15. The number of nitrogens with one attached hydrogen (secondary N) is 1. The van der Waals surface area contributed by atoms with Crippen molar-refractivity contribution in [2.75, 3.05) is 12.4 Å². The zero-order valence-electron chi connectivity index (χ0n) is 10.7. The number of halogens is 1. The van der Waals surface area contributed by atoms with E-state index >= 15 is 0 Å². The van der Waals surface area contributed by atoms with Crippen LogP contribution in [0.5, 0.6) is 23.0 Å². The Morgan fingerprint density at radius 3 is 2.55 bits per heavy atom. The van der Waals surface area contributed by atoms with Gasteiger partial charge in [-0.1, -0.05) is 0 Å². The van der Waals surface area contributed by atoms with Crippen LogP contribution >= 0.6 is 15.9 Å². The van der Waals surface area contributed by atoms with Gasteiger partial charge in [0.2, 0.25) is 5.75 Å². The Morgan fingerprint density at radius 1 is 1.10 bits per heavy atom. The van der Waals surface area contributed by atoms with E-state index < -0.39 is 5.75 Å². The molecule has 2 aromatic carbocycles. The minimum absolute atomic E-state index is 0.296. The lowest BCUT2D eigenvalue weighted by Gasteiger charge is -2.11. The first-order valence-electron chi connectivity index (χ1n) is 5.83. The Hall–Kier alpha value is -2.08. The molecule has 0 heterocycles. The molecule has 0 amide bonds.